The highest BCUT2D eigenvalue weighted by Gasteiger charge is 2.34. The fourth-order valence-electron chi connectivity index (χ4n) is 3.94. The summed E-state index contributed by atoms with van der Waals surface area (Å²) in [5.74, 6) is -0.403. The van der Waals surface area contributed by atoms with E-state index in [1.807, 2.05) is 4.90 Å². The van der Waals surface area contributed by atoms with Crippen molar-refractivity contribution in [2.75, 3.05) is 53.8 Å². The quantitative estimate of drug-likeness (QED) is 0.338. The molecule has 16 heteroatoms. The van der Waals surface area contributed by atoms with Crippen molar-refractivity contribution in [2.24, 2.45) is 11.7 Å². The minimum atomic E-state index is -3.67. The first-order chi connectivity index (χ1) is 19.0. The number of nitrogens with zero attached hydrogens (tertiary/aromatic N) is 3. The number of ether oxygens (including phenoxy) is 2. The van der Waals surface area contributed by atoms with Gasteiger partial charge >= 0.3 is 12.1 Å². The molecule has 3 heterocycles. The summed E-state index contributed by atoms with van der Waals surface area (Å²) in [6, 6.07) is 7.08. The van der Waals surface area contributed by atoms with E-state index in [0.29, 0.717) is 42.0 Å². The average Bonchev–Trinajstić information content (AvgIpc) is 3.26. The van der Waals surface area contributed by atoms with Crippen molar-refractivity contribution in [1.29, 1.82) is 0 Å². The number of anilines is 2. The van der Waals surface area contributed by atoms with Gasteiger partial charge in [0.1, 0.15) is 24.3 Å². The van der Waals surface area contributed by atoms with E-state index >= 15 is 4.39 Å². The van der Waals surface area contributed by atoms with Crippen molar-refractivity contribution in [1.82, 2.24) is 4.98 Å². The van der Waals surface area contributed by atoms with Crippen LogP contribution in [-0.2, 0) is 34.2 Å². The number of pyridine rings is 1. The topological polar surface area (TPSA) is 186 Å². The molecule has 1 amide bonds. The zero-order chi connectivity index (χ0) is 30.5. The van der Waals surface area contributed by atoms with Gasteiger partial charge in [0.15, 0.2) is 15.9 Å². The molecule has 2 saturated heterocycles. The van der Waals surface area contributed by atoms with E-state index in [1.165, 1.54) is 17.2 Å². The zero-order valence-electron chi connectivity index (χ0n) is 22.8. The number of sulfone groups is 1. The number of carbonyl (C=O) groups excluding carboxylic acids is 2. The molecule has 3 N–H and O–H groups in total. The summed E-state index contributed by atoms with van der Waals surface area (Å²) in [6.45, 7) is 4.31. The summed E-state index contributed by atoms with van der Waals surface area (Å²) < 4.78 is 74.5. The molecule has 2 aromatic rings. The number of halogens is 1. The van der Waals surface area contributed by atoms with Crippen molar-refractivity contribution < 1.29 is 44.8 Å². The van der Waals surface area contributed by atoms with Gasteiger partial charge in [-0.2, -0.15) is 8.42 Å². The molecule has 1 aromatic carbocycles. The molecular formula is C25H33FN4O9S2. The maximum Gasteiger partial charge on any atom is 0.414 e. The highest BCUT2D eigenvalue weighted by molar-refractivity contribution is 7.91. The minimum absolute atomic E-state index is 0.0836. The van der Waals surface area contributed by atoms with Crippen LogP contribution in [0.1, 0.15) is 13.8 Å². The van der Waals surface area contributed by atoms with E-state index < -0.39 is 50.0 Å². The Labute approximate surface area is 238 Å². The molecule has 4 rings (SSSR count). The second kappa shape index (κ2) is 13.1. The lowest BCUT2D eigenvalue weighted by Gasteiger charge is -2.27. The highest BCUT2D eigenvalue weighted by Crippen LogP contribution is 2.30. The molecule has 2 aliphatic heterocycles. The number of carbonyl (C=O) groups is 2. The molecule has 2 aliphatic rings. The Morgan fingerprint density at radius 2 is 1.88 bits per heavy atom. The Morgan fingerprint density at radius 3 is 2.41 bits per heavy atom. The van der Waals surface area contributed by atoms with Crippen molar-refractivity contribution in [3.63, 3.8) is 0 Å². The van der Waals surface area contributed by atoms with Crippen LogP contribution in [0.3, 0.4) is 0 Å². The van der Waals surface area contributed by atoms with E-state index in [4.69, 9.17) is 19.8 Å². The van der Waals surface area contributed by atoms with Crippen LogP contribution in [0.15, 0.2) is 36.5 Å². The van der Waals surface area contributed by atoms with Crippen LogP contribution in [0.2, 0.25) is 0 Å². The van der Waals surface area contributed by atoms with Gasteiger partial charge in [0.25, 0.3) is 10.1 Å². The second-order valence-electron chi connectivity index (χ2n) is 9.96. The van der Waals surface area contributed by atoms with Crippen molar-refractivity contribution in [3.8, 4) is 11.1 Å². The van der Waals surface area contributed by atoms with Gasteiger partial charge in [-0.15, -0.1) is 0 Å². The minimum Gasteiger partial charge on any atom is -0.460 e. The molecule has 13 nitrogen and oxygen atoms in total. The van der Waals surface area contributed by atoms with Crippen LogP contribution in [0.25, 0.3) is 11.1 Å². The maximum absolute atomic E-state index is 15.0. The Kier molecular flexibility index (Phi) is 10.3. The number of amides is 1. The summed E-state index contributed by atoms with van der Waals surface area (Å²) in [6.07, 6.45) is 0.899. The molecule has 0 saturated carbocycles. The van der Waals surface area contributed by atoms with Crippen LogP contribution < -0.4 is 15.5 Å². The summed E-state index contributed by atoms with van der Waals surface area (Å²) in [5, 5.41) is 0. The maximum atomic E-state index is 15.0. The van der Waals surface area contributed by atoms with Gasteiger partial charge < -0.3 is 20.1 Å². The molecule has 1 aromatic heterocycles. The van der Waals surface area contributed by atoms with Crippen LogP contribution in [0.4, 0.5) is 20.7 Å². The Hall–Kier alpha value is -3.34. The van der Waals surface area contributed by atoms with Crippen molar-refractivity contribution in [3.05, 3.63) is 42.3 Å². The van der Waals surface area contributed by atoms with Gasteiger partial charge in [-0.3, -0.25) is 14.2 Å². The number of nitrogens with two attached hydrogens (primary N) is 1. The molecule has 0 bridgehead atoms. The van der Waals surface area contributed by atoms with Gasteiger partial charge in [-0.25, -0.2) is 22.6 Å². The molecule has 2 atom stereocenters. The molecule has 2 fully saturated rings. The largest absolute Gasteiger partial charge is 0.460 e. The second-order valence-corrected chi connectivity index (χ2v) is 13.7. The number of benzene rings is 1. The number of hydrogen-bond donors (Lipinski definition) is 2. The highest BCUT2D eigenvalue weighted by atomic mass is 32.2. The predicted octanol–water partition coefficient (Wildman–Crippen LogP) is 1.48. The first kappa shape index (κ1) is 32.2. The van der Waals surface area contributed by atoms with Crippen LogP contribution in [0, 0.1) is 11.7 Å². The van der Waals surface area contributed by atoms with Crippen LogP contribution >= 0.6 is 0 Å². The lowest BCUT2D eigenvalue weighted by molar-refractivity contribution is -0.148. The molecule has 0 spiro atoms. The van der Waals surface area contributed by atoms with E-state index in [1.54, 1.807) is 38.1 Å². The normalized spacial score (nSPS) is 19.3. The van der Waals surface area contributed by atoms with Crippen molar-refractivity contribution >= 4 is 43.5 Å². The summed E-state index contributed by atoms with van der Waals surface area (Å²) in [7, 11) is -6.66. The number of aromatic nitrogens is 1. The van der Waals surface area contributed by atoms with E-state index in [9.17, 15) is 26.4 Å². The van der Waals surface area contributed by atoms with Crippen molar-refractivity contribution in [2.45, 2.75) is 26.0 Å². The number of hydrogen-bond acceptors (Lipinski definition) is 11. The van der Waals surface area contributed by atoms with Gasteiger partial charge in [0, 0.05) is 30.4 Å². The third-order valence-corrected chi connectivity index (χ3v) is 7.88. The number of rotatable bonds is 7. The SMILES string of the molecule is CC(C)[C@H](N)C(=O)OC[C@H]1CN(c2ccc(-c3ccc(N4CCS(=O)(=O)CC4)nc3)c(F)c2)C(=O)O1.CS(=O)(=O)O. The molecule has 41 heavy (non-hydrogen) atoms. The van der Waals surface area contributed by atoms with Gasteiger partial charge in [0.2, 0.25) is 0 Å². The summed E-state index contributed by atoms with van der Waals surface area (Å²) in [4.78, 5) is 31.8. The fraction of sp³-hybridized carbons (Fsp3) is 0.480. The van der Waals surface area contributed by atoms with Crippen LogP contribution in [0.5, 0.6) is 0 Å². The zero-order valence-corrected chi connectivity index (χ0v) is 24.4. The Balaban J connectivity index is 0.000000850. The van der Waals surface area contributed by atoms with Gasteiger partial charge in [0.05, 0.1) is 30.0 Å². The molecular weight excluding hydrogens is 583 g/mol. The van der Waals surface area contributed by atoms with Gasteiger partial charge in [-0.1, -0.05) is 13.8 Å². The van der Waals surface area contributed by atoms with E-state index in [-0.39, 0.29) is 30.6 Å². The monoisotopic (exact) mass is 616 g/mol. The van der Waals surface area contributed by atoms with E-state index in [2.05, 4.69) is 4.98 Å². The van der Waals surface area contributed by atoms with E-state index in [0.717, 1.165) is 0 Å². The summed E-state index contributed by atoms with van der Waals surface area (Å²) >= 11 is 0. The predicted molar refractivity (Wildman–Crippen MR) is 149 cm³/mol. The Morgan fingerprint density at radius 1 is 1.24 bits per heavy atom. The number of cyclic esters (lactones) is 1. The molecule has 0 radical (unpaired) electrons. The standard InChI is InChI=1S/C24H29FN4O6S.CH4O3S/c1-15(2)22(26)23(30)34-14-18-13-29(24(31)35-18)17-4-5-19(20(25)11-17)16-3-6-21(27-12-16)28-7-9-36(32,33)10-8-28;1-5(2,3)4/h3-6,11-12,15,18,22H,7-10,13-14,26H2,1-2H3;1H3,(H,2,3,4)/t18-,22+;/m1./s1. The smallest absolute Gasteiger partial charge is 0.414 e. The third-order valence-electron chi connectivity index (χ3n) is 6.27. The molecule has 0 unspecified atom stereocenters. The first-order valence-corrected chi connectivity index (χ1v) is 16.2. The number of esters is 1. The third kappa shape index (κ3) is 9.34. The first-order valence-electron chi connectivity index (χ1n) is 12.6. The average molecular weight is 617 g/mol. The molecule has 0 aliphatic carbocycles. The fourth-order valence-corrected chi connectivity index (χ4v) is 5.14. The summed E-state index contributed by atoms with van der Waals surface area (Å²) in [5.41, 5.74) is 6.92. The lowest BCUT2D eigenvalue weighted by atomic mass is 10.1. The lowest BCUT2D eigenvalue weighted by Crippen LogP contribution is -2.40. The van der Waals surface area contributed by atoms with Gasteiger partial charge in [-0.05, 0) is 36.2 Å². The Bertz CT molecular complexity index is 1450. The van der Waals surface area contributed by atoms with Crippen LogP contribution in [-0.4, -0.2) is 94.6 Å². The molecule has 226 valence electrons.